The maximum atomic E-state index is 8.95. The SMILES string of the molecule is N#Cc1cc(CN(CC2CC2)CC2CCCN2)ccn1. The molecule has 1 atom stereocenters. The standard InChI is InChI=1S/C16H22N4/c17-9-16-8-14(5-7-19-16)11-20(10-13-3-4-13)12-15-2-1-6-18-15/h5,7-8,13,15,18H,1-4,6,10-12H2. The Morgan fingerprint density at radius 1 is 1.35 bits per heavy atom. The van der Waals surface area contributed by atoms with Crippen LogP contribution in [0.5, 0.6) is 0 Å². The summed E-state index contributed by atoms with van der Waals surface area (Å²) in [6.45, 7) is 4.42. The Bertz CT molecular complexity index is 483. The number of hydrogen-bond acceptors (Lipinski definition) is 4. The Hall–Kier alpha value is -1.44. The van der Waals surface area contributed by atoms with E-state index in [-0.39, 0.29) is 0 Å². The van der Waals surface area contributed by atoms with Gasteiger partial charge in [-0.3, -0.25) is 4.90 Å². The maximum Gasteiger partial charge on any atom is 0.140 e. The zero-order valence-electron chi connectivity index (χ0n) is 11.9. The highest BCUT2D eigenvalue weighted by Gasteiger charge is 2.26. The second kappa shape index (κ2) is 6.34. The second-order valence-corrected chi connectivity index (χ2v) is 6.09. The van der Waals surface area contributed by atoms with Gasteiger partial charge in [0.2, 0.25) is 0 Å². The summed E-state index contributed by atoms with van der Waals surface area (Å²) in [6.07, 6.45) is 7.11. The van der Waals surface area contributed by atoms with Crippen molar-refractivity contribution in [2.45, 2.75) is 38.3 Å². The van der Waals surface area contributed by atoms with Crippen molar-refractivity contribution in [3.63, 3.8) is 0 Å². The Balaban J connectivity index is 1.63. The van der Waals surface area contributed by atoms with Gasteiger partial charge in [-0.2, -0.15) is 5.26 Å². The van der Waals surface area contributed by atoms with Crippen LogP contribution in [0.2, 0.25) is 0 Å². The van der Waals surface area contributed by atoms with Crippen molar-refractivity contribution < 1.29 is 0 Å². The van der Waals surface area contributed by atoms with Gasteiger partial charge in [0.1, 0.15) is 11.8 Å². The average Bonchev–Trinajstić information content (AvgIpc) is 3.12. The summed E-state index contributed by atoms with van der Waals surface area (Å²) >= 11 is 0. The third-order valence-electron chi connectivity index (χ3n) is 4.20. The summed E-state index contributed by atoms with van der Waals surface area (Å²) < 4.78 is 0. The molecule has 1 saturated heterocycles. The second-order valence-electron chi connectivity index (χ2n) is 6.09. The van der Waals surface area contributed by atoms with Gasteiger partial charge in [-0.05, 0) is 55.8 Å². The molecule has 2 fully saturated rings. The van der Waals surface area contributed by atoms with Gasteiger partial charge in [-0.15, -0.1) is 0 Å². The predicted molar refractivity (Wildman–Crippen MR) is 78.0 cm³/mol. The average molecular weight is 270 g/mol. The lowest BCUT2D eigenvalue weighted by Gasteiger charge is -2.25. The summed E-state index contributed by atoms with van der Waals surface area (Å²) in [5.41, 5.74) is 1.73. The number of pyridine rings is 1. The third-order valence-corrected chi connectivity index (χ3v) is 4.20. The molecule has 0 spiro atoms. The van der Waals surface area contributed by atoms with E-state index in [9.17, 15) is 0 Å². The van der Waals surface area contributed by atoms with Crippen LogP contribution in [0.25, 0.3) is 0 Å². The molecule has 2 aliphatic rings. The van der Waals surface area contributed by atoms with Crippen molar-refractivity contribution in [3.8, 4) is 6.07 Å². The fourth-order valence-corrected chi connectivity index (χ4v) is 2.99. The summed E-state index contributed by atoms with van der Waals surface area (Å²) in [4.78, 5) is 6.60. The van der Waals surface area contributed by atoms with Crippen LogP contribution >= 0.6 is 0 Å². The van der Waals surface area contributed by atoms with E-state index in [0.29, 0.717) is 11.7 Å². The molecule has 1 N–H and O–H groups in total. The highest BCUT2D eigenvalue weighted by Crippen LogP contribution is 2.30. The van der Waals surface area contributed by atoms with Gasteiger partial charge in [0.15, 0.2) is 0 Å². The lowest BCUT2D eigenvalue weighted by molar-refractivity contribution is 0.232. The third kappa shape index (κ3) is 3.78. The quantitative estimate of drug-likeness (QED) is 0.858. The Kier molecular flexibility index (Phi) is 4.29. The lowest BCUT2D eigenvalue weighted by Crippen LogP contribution is -2.38. The van der Waals surface area contributed by atoms with Crippen molar-refractivity contribution >= 4 is 0 Å². The highest BCUT2D eigenvalue weighted by atomic mass is 15.2. The number of nitriles is 1. The fraction of sp³-hybridized carbons (Fsp3) is 0.625. The van der Waals surface area contributed by atoms with Crippen molar-refractivity contribution in [2.24, 2.45) is 5.92 Å². The van der Waals surface area contributed by atoms with Crippen LogP contribution in [-0.2, 0) is 6.54 Å². The van der Waals surface area contributed by atoms with Crippen molar-refractivity contribution in [1.82, 2.24) is 15.2 Å². The fourth-order valence-electron chi connectivity index (χ4n) is 2.99. The van der Waals surface area contributed by atoms with E-state index in [2.05, 4.69) is 21.3 Å². The first-order chi connectivity index (χ1) is 9.83. The molecule has 0 radical (unpaired) electrons. The normalized spacial score (nSPS) is 22.1. The number of aromatic nitrogens is 1. The number of nitrogens with one attached hydrogen (secondary N) is 1. The van der Waals surface area contributed by atoms with E-state index in [0.717, 1.165) is 25.6 Å². The van der Waals surface area contributed by atoms with Gasteiger partial charge < -0.3 is 5.32 Å². The van der Waals surface area contributed by atoms with E-state index in [1.165, 1.54) is 37.8 Å². The van der Waals surface area contributed by atoms with Crippen molar-refractivity contribution in [1.29, 1.82) is 5.26 Å². The molecule has 1 aliphatic heterocycles. The monoisotopic (exact) mass is 270 g/mol. The minimum Gasteiger partial charge on any atom is -0.313 e. The molecular weight excluding hydrogens is 248 g/mol. The van der Waals surface area contributed by atoms with Gasteiger partial charge >= 0.3 is 0 Å². The minimum atomic E-state index is 0.521. The van der Waals surface area contributed by atoms with Crippen molar-refractivity contribution in [2.75, 3.05) is 19.6 Å². The van der Waals surface area contributed by atoms with Gasteiger partial charge in [-0.25, -0.2) is 4.98 Å². The topological polar surface area (TPSA) is 52.0 Å². The van der Waals surface area contributed by atoms with Gasteiger partial charge in [0.25, 0.3) is 0 Å². The number of nitrogens with zero attached hydrogens (tertiary/aromatic N) is 3. The molecule has 4 heteroatoms. The first-order valence-electron chi connectivity index (χ1n) is 7.64. The first kappa shape index (κ1) is 13.5. The summed E-state index contributed by atoms with van der Waals surface area (Å²) in [7, 11) is 0. The maximum absolute atomic E-state index is 8.95. The number of hydrogen-bond donors (Lipinski definition) is 1. The van der Waals surface area contributed by atoms with Gasteiger partial charge in [-0.1, -0.05) is 0 Å². The van der Waals surface area contributed by atoms with Crippen LogP contribution in [0.3, 0.4) is 0 Å². The molecule has 1 aromatic heterocycles. The summed E-state index contributed by atoms with van der Waals surface area (Å²) in [5.74, 6) is 0.897. The Morgan fingerprint density at radius 2 is 2.25 bits per heavy atom. The molecule has 1 aliphatic carbocycles. The molecule has 0 aromatic carbocycles. The molecule has 1 saturated carbocycles. The Morgan fingerprint density at radius 3 is 2.95 bits per heavy atom. The van der Waals surface area contributed by atoms with Gasteiger partial charge in [0.05, 0.1) is 0 Å². The molecule has 2 heterocycles. The summed E-state index contributed by atoms with van der Waals surface area (Å²) in [6, 6.07) is 6.72. The van der Waals surface area contributed by atoms with Crippen LogP contribution in [0.15, 0.2) is 18.3 Å². The zero-order chi connectivity index (χ0) is 13.8. The van der Waals surface area contributed by atoms with Crippen LogP contribution in [0.1, 0.15) is 36.9 Å². The van der Waals surface area contributed by atoms with Crippen LogP contribution in [0, 0.1) is 17.2 Å². The zero-order valence-corrected chi connectivity index (χ0v) is 11.9. The first-order valence-corrected chi connectivity index (χ1v) is 7.64. The van der Waals surface area contributed by atoms with E-state index in [4.69, 9.17) is 5.26 Å². The summed E-state index contributed by atoms with van der Waals surface area (Å²) in [5, 5.41) is 12.5. The Labute approximate surface area is 120 Å². The minimum absolute atomic E-state index is 0.521. The molecule has 3 rings (SSSR count). The van der Waals surface area contributed by atoms with E-state index in [1.54, 1.807) is 6.20 Å². The molecular formula is C16H22N4. The van der Waals surface area contributed by atoms with E-state index in [1.807, 2.05) is 12.1 Å². The molecule has 0 bridgehead atoms. The largest absolute Gasteiger partial charge is 0.313 e. The molecule has 1 aromatic rings. The van der Waals surface area contributed by atoms with Crippen LogP contribution < -0.4 is 5.32 Å². The predicted octanol–water partition coefficient (Wildman–Crippen LogP) is 1.92. The molecule has 106 valence electrons. The van der Waals surface area contributed by atoms with Crippen LogP contribution in [-0.4, -0.2) is 35.6 Å². The molecule has 4 nitrogen and oxygen atoms in total. The van der Waals surface area contributed by atoms with E-state index < -0.39 is 0 Å². The van der Waals surface area contributed by atoms with Crippen molar-refractivity contribution in [3.05, 3.63) is 29.6 Å². The highest BCUT2D eigenvalue weighted by molar-refractivity contribution is 5.25. The van der Waals surface area contributed by atoms with E-state index >= 15 is 0 Å². The van der Waals surface area contributed by atoms with Gasteiger partial charge in [0, 0.05) is 31.9 Å². The lowest BCUT2D eigenvalue weighted by atomic mass is 10.1. The number of rotatable bonds is 6. The molecule has 20 heavy (non-hydrogen) atoms. The smallest absolute Gasteiger partial charge is 0.140 e. The molecule has 1 unspecified atom stereocenters. The molecule has 0 amide bonds. The van der Waals surface area contributed by atoms with Crippen LogP contribution in [0.4, 0.5) is 0 Å².